The van der Waals surface area contributed by atoms with Gasteiger partial charge in [0.15, 0.2) is 0 Å². The molecule has 1 amide bonds. The van der Waals surface area contributed by atoms with Crippen molar-refractivity contribution in [2.24, 2.45) is 5.73 Å². The lowest BCUT2D eigenvalue weighted by molar-refractivity contribution is -0.138. The van der Waals surface area contributed by atoms with E-state index < -0.39 is 29.2 Å². The molecular formula is C12H22N2O4. The van der Waals surface area contributed by atoms with Gasteiger partial charge in [-0.1, -0.05) is 0 Å². The van der Waals surface area contributed by atoms with Crippen molar-refractivity contribution in [1.29, 1.82) is 0 Å². The van der Waals surface area contributed by atoms with E-state index in [2.05, 4.69) is 5.32 Å². The van der Waals surface area contributed by atoms with Crippen molar-refractivity contribution in [3.8, 4) is 0 Å². The molecule has 1 aliphatic rings. The number of carbonyl (C=O) groups excluding carboxylic acids is 1. The van der Waals surface area contributed by atoms with Crippen molar-refractivity contribution in [2.75, 3.05) is 0 Å². The van der Waals surface area contributed by atoms with Gasteiger partial charge in [0.1, 0.15) is 5.60 Å². The molecule has 1 fully saturated rings. The Bertz CT molecular complexity index is 331. The van der Waals surface area contributed by atoms with Crippen LogP contribution in [0, 0.1) is 0 Å². The van der Waals surface area contributed by atoms with Crippen LogP contribution in [0.25, 0.3) is 0 Å². The Hall–Kier alpha value is -1.30. The van der Waals surface area contributed by atoms with E-state index in [1.165, 1.54) is 0 Å². The zero-order valence-electron chi connectivity index (χ0n) is 11.2. The van der Waals surface area contributed by atoms with Gasteiger partial charge >= 0.3 is 12.1 Å². The number of nitrogens with one attached hydrogen (secondary N) is 1. The van der Waals surface area contributed by atoms with Crippen LogP contribution in [0.3, 0.4) is 0 Å². The molecule has 0 heterocycles. The average Bonchev–Trinajstić information content (AvgIpc) is 2.06. The van der Waals surface area contributed by atoms with E-state index >= 15 is 0 Å². The molecule has 0 aliphatic heterocycles. The molecule has 0 aromatic carbocycles. The van der Waals surface area contributed by atoms with Crippen LogP contribution in [-0.2, 0) is 9.53 Å². The number of carboxylic acids is 1. The van der Waals surface area contributed by atoms with Crippen LogP contribution in [-0.4, -0.2) is 34.4 Å². The highest BCUT2D eigenvalue weighted by Crippen LogP contribution is 2.35. The van der Waals surface area contributed by atoms with Gasteiger partial charge < -0.3 is 20.9 Å². The fourth-order valence-electron chi connectivity index (χ4n) is 2.04. The van der Waals surface area contributed by atoms with E-state index in [9.17, 15) is 9.59 Å². The third-order valence-corrected chi connectivity index (χ3v) is 3.10. The Labute approximate surface area is 107 Å². The molecule has 1 rings (SSSR count). The number of nitrogens with two attached hydrogens (primary N) is 1. The molecule has 0 aromatic heterocycles. The van der Waals surface area contributed by atoms with Crippen LogP contribution in [0.15, 0.2) is 0 Å². The smallest absolute Gasteiger partial charge is 0.408 e. The molecule has 1 unspecified atom stereocenters. The Kier molecular flexibility index (Phi) is 4.21. The number of amides is 1. The summed E-state index contributed by atoms with van der Waals surface area (Å²) in [5.74, 6) is -0.959. The number of hydrogen-bond donors (Lipinski definition) is 3. The Balaban J connectivity index is 2.60. The minimum atomic E-state index is -0.959. The maximum Gasteiger partial charge on any atom is 0.408 e. The molecule has 0 aromatic rings. The molecule has 0 bridgehead atoms. The van der Waals surface area contributed by atoms with Crippen molar-refractivity contribution in [3.63, 3.8) is 0 Å². The fraction of sp³-hybridized carbons (Fsp3) is 0.833. The van der Waals surface area contributed by atoms with E-state index in [4.69, 9.17) is 15.6 Å². The third kappa shape index (κ3) is 3.87. The highest BCUT2D eigenvalue weighted by atomic mass is 16.6. The summed E-state index contributed by atoms with van der Waals surface area (Å²) in [4.78, 5) is 22.4. The number of alkyl carbamates (subject to hydrolysis) is 1. The van der Waals surface area contributed by atoms with Crippen LogP contribution >= 0.6 is 0 Å². The molecule has 6 heteroatoms. The minimum Gasteiger partial charge on any atom is -0.481 e. The summed E-state index contributed by atoms with van der Waals surface area (Å²) in [7, 11) is 0. The lowest BCUT2D eigenvalue weighted by Gasteiger charge is -2.46. The lowest BCUT2D eigenvalue weighted by atomic mass is 9.71. The Morgan fingerprint density at radius 3 is 2.33 bits per heavy atom. The highest BCUT2D eigenvalue weighted by molar-refractivity contribution is 5.71. The first-order valence-electron chi connectivity index (χ1n) is 6.13. The quantitative estimate of drug-likeness (QED) is 0.704. The molecule has 104 valence electrons. The Morgan fingerprint density at radius 1 is 1.44 bits per heavy atom. The number of aliphatic carboxylic acids is 1. The first kappa shape index (κ1) is 14.8. The summed E-state index contributed by atoms with van der Waals surface area (Å²) < 4.78 is 5.17. The second-order valence-corrected chi connectivity index (χ2v) is 5.84. The molecular weight excluding hydrogens is 236 g/mol. The standard InChI is InChI=1S/C12H22N2O4/c1-11(2,3)18-10(17)14-12(5-4-6-12)8(13)7-9(15)16/h8H,4-7,13H2,1-3H3,(H,14,17)(H,15,16). The zero-order valence-corrected chi connectivity index (χ0v) is 11.2. The van der Waals surface area contributed by atoms with E-state index in [1.807, 2.05) is 0 Å². The topological polar surface area (TPSA) is 102 Å². The molecule has 1 saturated carbocycles. The maximum absolute atomic E-state index is 11.7. The molecule has 1 atom stereocenters. The van der Waals surface area contributed by atoms with Crippen molar-refractivity contribution in [2.45, 2.75) is 63.6 Å². The first-order chi connectivity index (χ1) is 8.15. The van der Waals surface area contributed by atoms with Gasteiger partial charge in [-0.15, -0.1) is 0 Å². The van der Waals surface area contributed by atoms with Crippen LogP contribution in [0.5, 0.6) is 0 Å². The molecule has 0 saturated heterocycles. The summed E-state index contributed by atoms with van der Waals surface area (Å²) in [5.41, 5.74) is 4.67. The molecule has 1 aliphatic carbocycles. The van der Waals surface area contributed by atoms with Gasteiger partial charge in [-0.2, -0.15) is 0 Å². The second-order valence-electron chi connectivity index (χ2n) is 5.84. The number of carboxylic acid groups (broad SMARTS) is 1. The number of ether oxygens (including phenoxy) is 1. The van der Waals surface area contributed by atoms with Gasteiger partial charge in [-0.05, 0) is 40.0 Å². The minimum absolute atomic E-state index is 0.157. The maximum atomic E-state index is 11.7. The van der Waals surface area contributed by atoms with Crippen LogP contribution in [0.2, 0.25) is 0 Å². The molecule has 18 heavy (non-hydrogen) atoms. The van der Waals surface area contributed by atoms with Crippen molar-refractivity contribution >= 4 is 12.1 Å². The Morgan fingerprint density at radius 2 is 2.00 bits per heavy atom. The SMILES string of the molecule is CC(C)(C)OC(=O)NC1(C(N)CC(=O)O)CCC1. The molecule has 0 spiro atoms. The molecule has 6 nitrogen and oxygen atoms in total. The third-order valence-electron chi connectivity index (χ3n) is 3.10. The predicted molar refractivity (Wildman–Crippen MR) is 66.2 cm³/mol. The first-order valence-corrected chi connectivity index (χ1v) is 6.13. The van der Waals surface area contributed by atoms with Gasteiger partial charge in [0.05, 0.1) is 12.0 Å². The van der Waals surface area contributed by atoms with E-state index in [-0.39, 0.29) is 6.42 Å². The predicted octanol–water partition coefficient (Wildman–Crippen LogP) is 1.24. The summed E-state index contributed by atoms with van der Waals surface area (Å²) in [6, 6.07) is -0.587. The normalized spacial score (nSPS) is 19.6. The summed E-state index contributed by atoms with van der Waals surface area (Å²) >= 11 is 0. The second kappa shape index (κ2) is 5.14. The van der Waals surface area contributed by atoms with E-state index in [0.717, 1.165) is 6.42 Å². The largest absolute Gasteiger partial charge is 0.481 e. The van der Waals surface area contributed by atoms with Gasteiger partial charge in [0.2, 0.25) is 0 Å². The van der Waals surface area contributed by atoms with Gasteiger partial charge in [-0.25, -0.2) is 4.79 Å². The summed E-state index contributed by atoms with van der Waals surface area (Å²) in [6.07, 6.45) is 1.63. The average molecular weight is 258 g/mol. The number of carbonyl (C=O) groups is 2. The van der Waals surface area contributed by atoms with Crippen LogP contribution < -0.4 is 11.1 Å². The van der Waals surface area contributed by atoms with Crippen LogP contribution in [0.4, 0.5) is 4.79 Å². The summed E-state index contributed by atoms with van der Waals surface area (Å²) in [5, 5.41) is 11.5. The molecule has 4 N–H and O–H groups in total. The number of hydrogen-bond acceptors (Lipinski definition) is 4. The lowest BCUT2D eigenvalue weighted by Crippen LogP contribution is -2.64. The number of rotatable bonds is 4. The van der Waals surface area contributed by atoms with E-state index in [1.54, 1.807) is 20.8 Å². The van der Waals surface area contributed by atoms with Gasteiger partial charge in [0, 0.05) is 6.04 Å². The summed E-state index contributed by atoms with van der Waals surface area (Å²) in [6.45, 7) is 5.33. The highest BCUT2D eigenvalue weighted by Gasteiger charge is 2.45. The monoisotopic (exact) mass is 258 g/mol. The van der Waals surface area contributed by atoms with E-state index in [0.29, 0.717) is 12.8 Å². The van der Waals surface area contributed by atoms with Gasteiger partial charge in [0.25, 0.3) is 0 Å². The van der Waals surface area contributed by atoms with Gasteiger partial charge in [-0.3, -0.25) is 4.79 Å². The fourth-order valence-corrected chi connectivity index (χ4v) is 2.04. The van der Waals surface area contributed by atoms with Crippen molar-refractivity contribution in [3.05, 3.63) is 0 Å². The zero-order chi connectivity index (χ0) is 14.0. The van der Waals surface area contributed by atoms with Crippen molar-refractivity contribution in [1.82, 2.24) is 5.32 Å². The van der Waals surface area contributed by atoms with Crippen molar-refractivity contribution < 1.29 is 19.4 Å². The van der Waals surface area contributed by atoms with Crippen LogP contribution in [0.1, 0.15) is 46.5 Å². The molecule has 0 radical (unpaired) electrons.